The number of nitrogens with zero attached hydrogens (tertiary/aromatic N) is 1. The van der Waals surface area contributed by atoms with Crippen LogP contribution in [0.25, 0.3) is 0 Å². The van der Waals surface area contributed by atoms with E-state index in [1.54, 1.807) is 11.3 Å². The van der Waals surface area contributed by atoms with Crippen molar-refractivity contribution in [3.63, 3.8) is 0 Å². The Bertz CT molecular complexity index is 925. The van der Waals surface area contributed by atoms with Gasteiger partial charge in [0.15, 0.2) is 0 Å². The first-order valence-corrected chi connectivity index (χ1v) is 11.6. The molecule has 0 aliphatic carbocycles. The van der Waals surface area contributed by atoms with Crippen molar-refractivity contribution in [1.82, 2.24) is 4.90 Å². The van der Waals surface area contributed by atoms with Crippen LogP contribution in [0.2, 0.25) is 0 Å². The number of carbonyl (C=O) groups is 1. The molecule has 3 heterocycles. The predicted molar refractivity (Wildman–Crippen MR) is 120 cm³/mol. The van der Waals surface area contributed by atoms with Gasteiger partial charge in [0.2, 0.25) is 0 Å². The van der Waals surface area contributed by atoms with Crippen molar-refractivity contribution in [3.05, 3.63) is 74.3 Å². The average molecular weight is 411 g/mol. The van der Waals surface area contributed by atoms with Crippen LogP contribution >= 0.6 is 22.7 Å². The Hall–Kier alpha value is -1.95. The minimum absolute atomic E-state index is 0.0112. The van der Waals surface area contributed by atoms with Crippen LogP contribution in [0.1, 0.15) is 56.5 Å². The number of anilines is 1. The largest absolute Gasteiger partial charge is 0.313 e. The molecule has 1 aliphatic heterocycles. The van der Waals surface area contributed by atoms with E-state index in [-0.39, 0.29) is 11.9 Å². The van der Waals surface area contributed by atoms with Crippen molar-refractivity contribution in [2.24, 2.45) is 0 Å². The van der Waals surface area contributed by atoms with E-state index in [0.717, 1.165) is 23.0 Å². The maximum atomic E-state index is 12.8. The number of carbonyl (C=O) groups excluding carboxylic acids is 1. The summed E-state index contributed by atoms with van der Waals surface area (Å²) in [5, 5.41) is 6.17. The molecule has 1 amide bonds. The number of benzene rings is 1. The number of nitrogens with one attached hydrogen (secondary N) is 1. The van der Waals surface area contributed by atoms with Gasteiger partial charge >= 0.3 is 0 Å². The summed E-state index contributed by atoms with van der Waals surface area (Å²) in [6, 6.07) is 14.7. The summed E-state index contributed by atoms with van der Waals surface area (Å²) >= 11 is 3.18. The Morgan fingerprint density at radius 3 is 2.46 bits per heavy atom. The lowest BCUT2D eigenvalue weighted by Crippen LogP contribution is -2.35. The molecule has 1 atom stereocenters. The van der Waals surface area contributed by atoms with E-state index in [2.05, 4.69) is 54.4 Å². The number of aryl methyl sites for hydroxylation is 1. The van der Waals surface area contributed by atoms with Gasteiger partial charge in [-0.3, -0.25) is 9.69 Å². The summed E-state index contributed by atoms with van der Waals surface area (Å²) in [4.78, 5) is 17.4. The summed E-state index contributed by atoms with van der Waals surface area (Å²) in [5.74, 6) is -0.0112. The van der Waals surface area contributed by atoms with Gasteiger partial charge in [-0.25, -0.2) is 0 Å². The van der Waals surface area contributed by atoms with Crippen LogP contribution in [-0.2, 0) is 0 Å². The van der Waals surface area contributed by atoms with Gasteiger partial charge in [0.1, 0.15) is 5.00 Å². The molecular formula is C23H26N2OS2. The number of thiophene rings is 2. The molecule has 3 aromatic rings. The summed E-state index contributed by atoms with van der Waals surface area (Å²) in [6.07, 6.45) is 3.78. The van der Waals surface area contributed by atoms with Gasteiger partial charge < -0.3 is 5.32 Å². The molecule has 5 heteroatoms. The van der Waals surface area contributed by atoms with Crippen molar-refractivity contribution in [1.29, 1.82) is 0 Å². The maximum absolute atomic E-state index is 12.8. The van der Waals surface area contributed by atoms with Gasteiger partial charge in [-0.15, -0.1) is 22.7 Å². The molecule has 0 saturated carbocycles. The molecule has 4 rings (SSSR count). The minimum Gasteiger partial charge on any atom is -0.313 e. The second-order valence-corrected chi connectivity index (χ2v) is 9.54. The van der Waals surface area contributed by atoms with E-state index in [1.807, 2.05) is 17.5 Å². The van der Waals surface area contributed by atoms with E-state index in [1.165, 1.54) is 52.2 Å². The van der Waals surface area contributed by atoms with Gasteiger partial charge in [0.05, 0.1) is 10.9 Å². The van der Waals surface area contributed by atoms with Crippen LogP contribution in [0.15, 0.2) is 47.8 Å². The predicted octanol–water partition coefficient (Wildman–Crippen LogP) is 6.25. The highest BCUT2D eigenvalue weighted by Gasteiger charge is 2.30. The Labute approximate surface area is 175 Å². The standard InChI is InChI=1S/C23H26N2OS2/c1-16-17(2)28-23(24-22(26)19-12-9-15-27-19)20(16)21(18-10-5-3-6-11-18)25-13-7-4-8-14-25/h3,5-6,9-12,15,21H,4,7-8,13-14H2,1-2H3,(H,24,26)/t21-/m0/s1. The Kier molecular flexibility index (Phi) is 5.95. The third kappa shape index (κ3) is 3.93. The fourth-order valence-corrected chi connectivity index (χ4v) is 5.72. The van der Waals surface area contributed by atoms with E-state index in [9.17, 15) is 4.79 Å². The first-order chi connectivity index (χ1) is 13.6. The number of likely N-dealkylation sites (tertiary alicyclic amines) is 1. The number of hydrogen-bond donors (Lipinski definition) is 1. The quantitative estimate of drug-likeness (QED) is 0.539. The maximum Gasteiger partial charge on any atom is 0.266 e. The zero-order valence-corrected chi connectivity index (χ0v) is 18.0. The lowest BCUT2D eigenvalue weighted by atomic mass is 9.93. The normalized spacial score (nSPS) is 16.1. The topological polar surface area (TPSA) is 32.3 Å². The molecule has 1 aliphatic rings. The Balaban J connectivity index is 1.76. The van der Waals surface area contributed by atoms with E-state index >= 15 is 0 Å². The van der Waals surface area contributed by atoms with E-state index < -0.39 is 0 Å². The highest BCUT2D eigenvalue weighted by Crippen LogP contribution is 2.43. The summed E-state index contributed by atoms with van der Waals surface area (Å²) in [5.41, 5.74) is 3.86. The first-order valence-electron chi connectivity index (χ1n) is 9.89. The van der Waals surface area contributed by atoms with Gasteiger partial charge in [-0.05, 0) is 62.4 Å². The lowest BCUT2D eigenvalue weighted by Gasteiger charge is -2.36. The smallest absolute Gasteiger partial charge is 0.266 e. The molecule has 1 N–H and O–H groups in total. The van der Waals surface area contributed by atoms with Crippen LogP contribution in [0.5, 0.6) is 0 Å². The highest BCUT2D eigenvalue weighted by atomic mass is 32.1. The lowest BCUT2D eigenvalue weighted by molar-refractivity contribution is 0.103. The second-order valence-electron chi connectivity index (χ2n) is 7.37. The number of hydrogen-bond acceptors (Lipinski definition) is 4. The molecule has 1 aromatic carbocycles. The fraction of sp³-hybridized carbons (Fsp3) is 0.348. The van der Waals surface area contributed by atoms with Gasteiger partial charge in [0, 0.05) is 10.4 Å². The van der Waals surface area contributed by atoms with Crippen molar-refractivity contribution in [3.8, 4) is 0 Å². The summed E-state index contributed by atoms with van der Waals surface area (Å²) < 4.78 is 0. The zero-order valence-electron chi connectivity index (χ0n) is 16.4. The number of amides is 1. The zero-order chi connectivity index (χ0) is 19.5. The molecular weight excluding hydrogens is 384 g/mol. The fourth-order valence-electron chi connectivity index (χ4n) is 4.01. The molecule has 0 radical (unpaired) electrons. The third-order valence-electron chi connectivity index (χ3n) is 5.55. The molecule has 0 unspecified atom stereocenters. The average Bonchev–Trinajstić information content (AvgIpc) is 3.35. The van der Waals surface area contributed by atoms with Crippen LogP contribution in [0.3, 0.4) is 0 Å². The first kappa shape index (κ1) is 19.4. The molecule has 1 fully saturated rings. The van der Waals surface area contributed by atoms with Gasteiger partial charge in [-0.2, -0.15) is 0 Å². The van der Waals surface area contributed by atoms with Gasteiger partial charge in [-0.1, -0.05) is 42.8 Å². The molecule has 0 bridgehead atoms. The Morgan fingerprint density at radius 2 is 1.79 bits per heavy atom. The second kappa shape index (κ2) is 8.60. The molecule has 2 aromatic heterocycles. The Morgan fingerprint density at radius 1 is 1.04 bits per heavy atom. The van der Waals surface area contributed by atoms with E-state index in [0.29, 0.717) is 0 Å². The van der Waals surface area contributed by atoms with Gasteiger partial charge in [0.25, 0.3) is 5.91 Å². The van der Waals surface area contributed by atoms with Crippen molar-refractivity contribution in [2.45, 2.75) is 39.2 Å². The highest BCUT2D eigenvalue weighted by molar-refractivity contribution is 7.17. The van der Waals surface area contributed by atoms with Crippen molar-refractivity contribution < 1.29 is 4.79 Å². The summed E-state index contributed by atoms with van der Waals surface area (Å²) in [6.45, 7) is 6.56. The third-order valence-corrected chi connectivity index (χ3v) is 7.56. The van der Waals surface area contributed by atoms with Crippen molar-refractivity contribution >= 4 is 33.6 Å². The van der Waals surface area contributed by atoms with Crippen LogP contribution in [0.4, 0.5) is 5.00 Å². The van der Waals surface area contributed by atoms with Crippen LogP contribution < -0.4 is 5.32 Å². The monoisotopic (exact) mass is 410 g/mol. The number of piperidine rings is 1. The summed E-state index contributed by atoms with van der Waals surface area (Å²) in [7, 11) is 0. The van der Waals surface area contributed by atoms with Crippen LogP contribution in [-0.4, -0.2) is 23.9 Å². The van der Waals surface area contributed by atoms with Crippen LogP contribution in [0, 0.1) is 13.8 Å². The molecule has 3 nitrogen and oxygen atoms in total. The molecule has 0 spiro atoms. The molecule has 146 valence electrons. The molecule has 28 heavy (non-hydrogen) atoms. The number of rotatable bonds is 5. The van der Waals surface area contributed by atoms with E-state index in [4.69, 9.17) is 0 Å². The van der Waals surface area contributed by atoms with Crippen molar-refractivity contribution in [2.75, 3.05) is 18.4 Å². The molecule has 1 saturated heterocycles. The SMILES string of the molecule is Cc1sc(NC(=O)c2cccs2)c([C@H](c2ccccc2)N2CCCCC2)c1C. The minimum atomic E-state index is -0.0112.